The number of carbonyl (C=O) groups excluding carboxylic acids is 1. The number of rotatable bonds is 8. The van der Waals surface area contributed by atoms with E-state index in [4.69, 9.17) is 4.74 Å². The normalized spacial score (nSPS) is 11.7. The van der Waals surface area contributed by atoms with E-state index >= 15 is 0 Å². The van der Waals surface area contributed by atoms with E-state index in [0.29, 0.717) is 6.61 Å². The van der Waals surface area contributed by atoms with Gasteiger partial charge >= 0.3 is 5.97 Å². The smallest absolute Gasteiger partial charge is 0.311 e. The monoisotopic (exact) mass is 299 g/mol. The van der Waals surface area contributed by atoms with E-state index in [2.05, 4.69) is 43.1 Å². The number of thiazole rings is 1. The van der Waals surface area contributed by atoms with Gasteiger partial charge in [-0.15, -0.1) is 11.3 Å². The molecule has 6 heteroatoms. The Kier molecular flexibility index (Phi) is 6.42. The van der Waals surface area contributed by atoms with E-state index in [1.54, 1.807) is 6.92 Å². The molecular formula is C14H25N3O2S. The minimum atomic E-state index is -0.225. The fourth-order valence-corrected chi connectivity index (χ4v) is 2.77. The van der Waals surface area contributed by atoms with Crippen LogP contribution in [-0.4, -0.2) is 49.6 Å². The van der Waals surface area contributed by atoms with Gasteiger partial charge < -0.3 is 15.0 Å². The molecule has 0 aromatic carbocycles. The van der Waals surface area contributed by atoms with Crippen molar-refractivity contribution in [3.63, 3.8) is 0 Å². The molecule has 0 fully saturated rings. The molecule has 1 heterocycles. The minimum Gasteiger partial charge on any atom is -0.466 e. The molecule has 5 nitrogen and oxygen atoms in total. The van der Waals surface area contributed by atoms with Crippen molar-refractivity contribution in [3.8, 4) is 0 Å². The number of carbonyl (C=O) groups is 1. The summed E-state index contributed by atoms with van der Waals surface area (Å²) in [7, 11) is 4.14. The van der Waals surface area contributed by atoms with Crippen LogP contribution in [0.5, 0.6) is 0 Å². The molecule has 1 aromatic rings. The highest BCUT2D eigenvalue weighted by molar-refractivity contribution is 7.13. The lowest BCUT2D eigenvalue weighted by atomic mass is 9.93. The first kappa shape index (κ1) is 16.9. The SMILES string of the molecule is CCOC(=O)Cc1csc(NCC(C)(C)CN(C)C)n1. The van der Waals surface area contributed by atoms with Crippen LogP contribution in [0.4, 0.5) is 5.13 Å². The fraction of sp³-hybridized carbons (Fsp3) is 0.714. The molecule has 1 N–H and O–H groups in total. The van der Waals surface area contributed by atoms with Gasteiger partial charge in [0.2, 0.25) is 0 Å². The van der Waals surface area contributed by atoms with Crippen LogP contribution in [0.15, 0.2) is 5.38 Å². The van der Waals surface area contributed by atoms with E-state index in [0.717, 1.165) is 23.9 Å². The van der Waals surface area contributed by atoms with Crippen molar-refractivity contribution in [3.05, 3.63) is 11.1 Å². The molecule has 0 aliphatic rings. The van der Waals surface area contributed by atoms with Crippen LogP contribution in [0.1, 0.15) is 26.5 Å². The highest BCUT2D eigenvalue weighted by atomic mass is 32.1. The Morgan fingerprint density at radius 3 is 2.80 bits per heavy atom. The summed E-state index contributed by atoms with van der Waals surface area (Å²) in [5.41, 5.74) is 0.928. The largest absolute Gasteiger partial charge is 0.466 e. The van der Waals surface area contributed by atoms with Crippen molar-refractivity contribution in [1.82, 2.24) is 9.88 Å². The number of aromatic nitrogens is 1. The summed E-state index contributed by atoms with van der Waals surface area (Å²) in [6, 6.07) is 0. The first-order valence-corrected chi connectivity index (χ1v) is 7.69. The standard InChI is InChI=1S/C14H25N3O2S/c1-6-19-12(18)7-11-8-20-13(16-11)15-9-14(2,3)10-17(4)5/h8H,6-7,9-10H2,1-5H3,(H,15,16). The van der Waals surface area contributed by atoms with E-state index in [1.165, 1.54) is 11.3 Å². The van der Waals surface area contributed by atoms with Crippen molar-refractivity contribution >= 4 is 22.4 Å². The van der Waals surface area contributed by atoms with Gasteiger partial charge in [-0.2, -0.15) is 0 Å². The Labute approximate surface area is 125 Å². The van der Waals surface area contributed by atoms with Gasteiger partial charge in [-0.05, 0) is 26.4 Å². The molecule has 1 rings (SSSR count). The van der Waals surface area contributed by atoms with Gasteiger partial charge in [-0.3, -0.25) is 4.79 Å². The Morgan fingerprint density at radius 1 is 1.50 bits per heavy atom. The second kappa shape index (κ2) is 7.59. The summed E-state index contributed by atoms with van der Waals surface area (Å²) in [6.45, 7) is 8.49. The number of nitrogens with one attached hydrogen (secondary N) is 1. The van der Waals surface area contributed by atoms with Crippen LogP contribution in [0.25, 0.3) is 0 Å². The van der Waals surface area contributed by atoms with Crippen LogP contribution in [0.3, 0.4) is 0 Å². The lowest BCUT2D eigenvalue weighted by molar-refractivity contribution is -0.142. The van der Waals surface area contributed by atoms with Crippen molar-refractivity contribution < 1.29 is 9.53 Å². The van der Waals surface area contributed by atoms with Crippen molar-refractivity contribution in [1.29, 1.82) is 0 Å². The van der Waals surface area contributed by atoms with E-state index in [9.17, 15) is 4.79 Å². The maximum atomic E-state index is 11.4. The summed E-state index contributed by atoms with van der Waals surface area (Å²) in [4.78, 5) is 18.0. The zero-order valence-electron chi connectivity index (χ0n) is 13.0. The highest BCUT2D eigenvalue weighted by Crippen LogP contribution is 2.20. The lowest BCUT2D eigenvalue weighted by Gasteiger charge is -2.28. The average Bonchev–Trinajstić information content (AvgIpc) is 2.73. The molecule has 0 radical (unpaired) electrons. The first-order chi connectivity index (χ1) is 9.32. The number of esters is 1. The molecule has 114 valence electrons. The maximum Gasteiger partial charge on any atom is 0.311 e. The summed E-state index contributed by atoms with van der Waals surface area (Å²) in [5, 5.41) is 6.10. The second-order valence-corrected chi connectivity index (χ2v) is 6.74. The molecule has 20 heavy (non-hydrogen) atoms. The van der Waals surface area contributed by atoms with Gasteiger partial charge in [-0.1, -0.05) is 13.8 Å². The van der Waals surface area contributed by atoms with Gasteiger partial charge in [0.05, 0.1) is 18.7 Å². The predicted molar refractivity (Wildman–Crippen MR) is 83.3 cm³/mol. The molecule has 0 aliphatic carbocycles. The van der Waals surface area contributed by atoms with Gasteiger partial charge in [0, 0.05) is 18.5 Å². The summed E-state index contributed by atoms with van der Waals surface area (Å²) in [6.07, 6.45) is 0.243. The Hall–Kier alpha value is -1.14. The number of nitrogens with zero attached hydrogens (tertiary/aromatic N) is 2. The third-order valence-corrected chi connectivity index (χ3v) is 3.49. The Balaban J connectivity index is 2.46. The van der Waals surface area contributed by atoms with Gasteiger partial charge in [0.25, 0.3) is 0 Å². The molecule has 0 saturated heterocycles. The van der Waals surface area contributed by atoms with E-state index in [1.807, 2.05) is 5.38 Å². The lowest BCUT2D eigenvalue weighted by Crippen LogP contribution is -2.34. The van der Waals surface area contributed by atoms with E-state index < -0.39 is 0 Å². The number of hydrogen-bond acceptors (Lipinski definition) is 6. The van der Waals surface area contributed by atoms with Crippen molar-refractivity contribution in [2.75, 3.05) is 39.1 Å². The molecule has 1 aromatic heterocycles. The van der Waals surface area contributed by atoms with Gasteiger partial charge in [0.1, 0.15) is 0 Å². The minimum absolute atomic E-state index is 0.163. The molecule has 0 unspecified atom stereocenters. The van der Waals surface area contributed by atoms with Gasteiger partial charge in [0.15, 0.2) is 5.13 Å². The Morgan fingerprint density at radius 2 is 2.20 bits per heavy atom. The topological polar surface area (TPSA) is 54.5 Å². The highest BCUT2D eigenvalue weighted by Gasteiger charge is 2.19. The molecule has 0 aliphatic heterocycles. The number of anilines is 1. The van der Waals surface area contributed by atoms with Crippen molar-refractivity contribution in [2.45, 2.75) is 27.2 Å². The molecule has 0 bridgehead atoms. The molecule has 0 atom stereocenters. The zero-order valence-corrected chi connectivity index (χ0v) is 13.8. The third-order valence-electron chi connectivity index (χ3n) is 2.64. The van der Waals surface area contributed by atoms with Crippen molar-refractivity contribution in [2.24, 2.45) is 5.41 Å². The second-order valence-electron chi connectivity index (χ2n) is 5.88. The Bertz CT molecular complexity index is 430. The molecule has 0 amide bonds. The summed E-state index contributed by atoms with van der Waals surface area (Å²) >= 11 is 1.53. The number of ether oxygens (including phenoxy) is 1. The van der Waals surface area contributed by atoms with Crippen LogP contribution in [0, 0.1) is 5.41 Å². The molecular weight excluding hydrogens is 274 g/mol. The molecule has 0 saturated carbocycles. The summed E-state index contributed by atoms with van der Waals surface area (Å²) < 4.78 is 4.91. The van der Waals surface area contributed by atoms with E-state index in [-0.39, 0.29) is 17.8 Å². The molecule has 0 spiro atoms. The number of hydrogen-bond donors (Lipinski definition) is 1. The quantitative estimate of drug-likeness (QED) is 0.746. The van der Waals surface area contributed by atoms with Crippen LogP contribution in [-0.2, 0) is 16.0 Å². The predicted octanol–water partition coefficient (Wildman–Crippen LogP) is 2.25. The third kappa shape index (κ3) is 6.34. The van der Waals surface area contributed by atoms with Crippen LogP contribution < -0.4 is 5.32 Å². The summed E-state index contributed by atoms with van der Waals surface area (Å²) in [5.74, 6) is -0.225. The zero-order chi connectivity index (χ0) is 15.2. The maximum absolute atomic E-state index is 11.4. The van der Waals surface area contributed by atoms with Gasteiger partial charge in [-0.25, -0.2) is 4.98 Å². The fourth-order valence-electron chi connectivity index (χ4n) is 2.06. The van der Waals surface area contributed by atoms with Crippen LogP contribution >= 0.6 is 11.3 Å². The average molecular weight is 299 g/mol. The van der Waals surface area contributed by atoms with Crippen LogP contribution in [0.2, 0.25) is 0 Å². The first-order valence-electron chi connectivity index (χ1n) is 6.81.